The average molecular weight is 257 g/mol. The van der Waals surface area contributed by atoms with Crippen LogP contribution in [0.4, 0.5) is 0 Å². The fourth-order valence-corrected chi connectivity index (χ4v) is 1.71. The van der Waals surface area contributed by atoms with Crippen LogP contribution in [0.2, 0.25) is 0 Å². The molecule has 0 spiro atoms. The first-order chi connectivity index (χ1) is 8.34. The van der Waals surface area contributed by atoms with Crippen LogP contribution in [0, 0.1) is 0 Å². The molecule has 0 radical (unpaired) electrons. The van der Waals surface area contributed by atoms with Gasteiger partial charge in [-0.3, -0.25) is 9.59 Å². The van der Waals surface area contributed by atoms with Gasteiger partial charge in [0.25, 0.3) is 0 Å². The molecule has 0 aromatic heterocycles. The lowest BCUT2D eigenvalue weighted by Gasteiger charge is -2.25. The van der Waals surface area contributed by atoms with Crippen molar-refractivity contribution >= 4 is 11.8 Å². The molecule has 0 heterocycles. The maximum absolute atomic E-state index is 11.6. The number of rotatable bonds is 8. The van der Waals surface area contributed by atoms with Gasteiger partial charge in [-0.2, -0.15) is 0 Å². The summed E-state index contributed by atoms with van der Waals surface area (Å²) in [4.78, 5) is 26.7. The average Bonchev–Trinajstić information content (AvgIpc) is 2.23. The fourth-order valence-electron chi connectivity index (χ4n) is 1.71. The monoisotopic (exact) mass is 257 g/mol. The molecule has 18 heavy (non-hydrogen) atoms. The van der Waals surface area contributed by atoms with Crippen LogP contribution in [0.3, 0.4) is 0 Å². The molecule has 0 unspecified atom stereocenters. The van der Waals surface area contributed by atoms with Crippen LogP contribution in [0.25, 0.3) is 0 Å². The third-order valence-electron chi connectivity index (χ3n) is 2.71. The lowest BCUT2D eigenvalue weighted by atomic mass is 10.2. The van der Waals surface area contributed by atoms with E-state index < -0.39 is 0 Å². The zero-order valence-electron chi connectivity index (χ0n) is 12.3. The second-order valence-corrected chi connectivity index (χ2v) is 5.06. The van der Waals surface area contributed by atoms with Gasteiger partial charge in [-0.1, -0.05) is 0 Å². The first kappa shape index (κ1) is 16.9. The normalized spacial score (nSPS) is 10.8. The lowest BCUT2D eigenvalue weighted by molar-refractivity contribution is -0.131. The Morgan fingerprint density at radius 2 is 1.78 bits per heavy atom. The maximum Gasteiger partial charge on any atom is 0.221 e. The Bertz CT molecular complexity index is 265. The molecule has 0 saturated carbocycles. The highest BCUT2D eigenvalue weighted by Crippen LogP contribution is 2.00. The number of nitrogens with zero attached hydrogens (tertiary/aromatic N) is 2. The van der Waals surface area contributed by atoms with Gasteiger partial charge in [0.15, 0.2) is 0 Å². The summed E-state index contributed by atoms with van der Waals surface area (Å²) in [7, 11) is 4.02. The molecule has 1 N–H and O–H groups in total. The van der Waals surface area contributed by atoms with Crippen LogP contribution in [-0.2, 0) is 9.59 Å². The van der Waals surface area contributed by atoms with E-state index in [9.17, 15) is 9.59 Å². The highest BCUT2D eigenvalue weighted by molar-refractivity contribution is 5.78. The predicted octanol–water partition coefficient (Wildman–Crippen LogP) is 0.701. The summed E-state index contributed by atoms with van der Waals surface area (Å²) in [6.07, 6.45) is 1.32. The molecular weight excluding hydrogens is 230 g/mol. The minimum Gasteiger partial charge on any atom is -0.356 e. The molecule has 0 aromatic carbocycles. The van der Waals surface area contributed by atoms with Crippen molar-refractivity contribution in [3.63, 3.8) is 0 Å². The molecule has 2 amide bonds. The SMILES string of the molecule is CC(=O)N(CCC(=O)NCCCN(C)C)C(C)C. The highest BCUT2D eigenvalue weighted by Gasteiger charge is 2.13. The van der Waals surface area contributed by atoms with Crippen molar-refractivity contribution < 1.29 is 9.59 Å². The van der Waals surface area contributed by atoms with Crippen molar-refractivity contribution in [2.45, 2.75) is 39.7 Å². The van der Waals surface area contributed by atoms with Crippen LogP contribution in [-0.4, -0.2) is 61.4 Å². The quantitative estimate of drug-likeness (QED) is 0.651. The van der Waals surface area contributed by atoms with Crippen molar-refractivity contribution in [2.24, 2.45) is 0 Å². The molecule has 0 fully saturated rings. The van der Waals surface area contributed by atoms with Crippen molar-refractivity contribution in [3.8, 4) is 0 Å². The van der Waals surface area contributed by atoms with Crippen LogP contribution < -0.4 is 5.32 Å². The van der Waals surface area contributed by atoms with Crippen LogP contribution in [0.1, 0.15) is 33.6 Å². The molecule has 0 aliphatic rings. The Balaban J connectivity index is 3.78. The van der Waals surface area contributed by atoms with Crippen molar-refractivity contribution in [1.29, 1.82) is 0 Å². The number of hydrogen-bond acceptors (Lipinski definition) is 3. The zero-order valence-corrected chi connectivity index (χ0v) is 12.3. The Morgan fingerprint density at radius 3 is 2.22 bits per heavy atom. The van der Waals surface area contributed by atoms with Crippen LogP contribution in [0.5, 0.6) is 0 Å². The van der Waals surface area contributed by atoms with E-state index in [1.165, 1.54) is 6.92 Å². The van der Waals surface area contributed by atoms with E-state index in [1.54, 1.807) is 4.90 Å². The third kappa shape index (κ3) is 8.06. The first-order valence-electron chi connectivity index (χ1n) is 6.53. The molecule has 0 atom stereocenters. The van der Waals surface area contributed by atoms with Crippen molar-refractivity contribution in [1.82, 2.24) is 15.1 Å². The number of carbonyl (C=O) groups is 2. The lowest BCUT2D eigenvalue weighted by Crippen LogP contribution is -2.38. The smallest absolute Gasteiger partial charge is 0.221 e. The number of carbonyl (C=O) groups excluding carboxylic acids is 2. The zero-order chi connectivity index (χ0) is 14.1. The molecule has 0 saturated heterocycles. The molecule has 0 aliphatic carbocycles. The molecule has 0 rings (SSSR count). The van der Waals surface area contributed by atoms with E-state index in [0.717, 1.165) is 13.0 Å². The van der Waals surface area contributed by atoms with Gasteiger partial charge >= 0.3 is 0 Å². The summed E-state index contributed by atoms with van der Waals surface area (Å²) >= 11 is 0. The number of amides is 2. The van der Waals surface area contributed by atoms with Crippen molar-refractivity contribution in [2.75, 3.05) is 33.7 Å². The Kier molecular flexibility index (Phi) is 8.37. The summed E-state index contributed by atoms with van der Waals surface area (Å²) in [5.41, 5.74) is 0. The fraction of sp³-hybridized carbons (Fsp3) is 0.846. The minimum atomic E-state index is 0.0145. The van der Waals surface area contributed by atoms with Gasteiger partial charge < -0.3 is 15.1 Å². The van der Waals surface area contributed by atoms with Gasteiger partial charge in [0.2, 0.25) is 11.8 Å². The second kappa shape index (κ2) is 8.91. The molecule has 5 heteroatoms. The van der Waals surface area contributed by atoms with Gasteiger partial charge in [-0.05, 0) is 40.9 Å². The van der Waals surface area contributed by atoms with Gasteiger partial charge in [0.05, 0.1) is 0 Å². The second-order valence-electron chi connectivity index (χ2n) is 5.06. The topological polar surface area (TPSA) is 52.7 Å². The molecule has 0 bridgehead atoms. The standard InChI is InChI=1S/C13H27N3O2/c1-11(2)16(12(3)17)10-7-13(18)14-8-6-9-15(4)5/h11H,6-10H2,1-5H3,(H,14,18). The summed E-state index contributed by atoms with van der Waals surface area (Å²) in [6.45, 7) is 7.60. The molecule has 0 aromatic rings. The van der Waals surface area contributed by atoms with E-state index >= 15 is 0 Å². The van der Waals surface area contributed by atoms with Crippen LogP contribution in [0.15, 0.2) is 0 Å². The summed E-state index contributed by atoms with van der Waals surface area (Å²) in [6, 6.07) is 0.143. The third-order valence-corrected chi connectivity index (χ3v) is 2.71. The van der Waals surface area contributed by atoms with E-state index in [0.29, 0.717) is 19.5 Å². The van der Waals surface area contributed by atoms with E-state index in [4.69, 9.17) is 0 Å². The largest absolute Gasteiger partial charge is 0.356 e. The van der Waals surface area contributed by atoms with Crippen molar-refractivity contribution in [3.05, 3.63) is 0 Å². The Hall–Kier alpha value is -1.10. The molecule has 106 valence electrons. The summed E-state index contributed by atoms with van der Waals surface area (Å²) in [5, 5.41) is 2.87. The highest BCUT2D eigenvalue weighted by atomic mass is 16.2. The minimum absolute atomic E-state index is 0.0145. The van der Waals surface area contributed by atoms with Gasteiger partial charge in [-0.15, -0.1) is 0 Å². The summed E-state index contributed by atoms with van der Waals surface area (Å²) < 4.78 is 0. The maximum atomic E-state index is 11.6. The first-order valence-corrected chi connectivity index (χ1v) is 6.53. The van der Waals surface area contributed by atoms with E-state index in [-0.39, 0.29) is 17.9 Å². The van der Waals surface area contributed by atoms with Gasteiger partial charge in [0.1, 0.15) is 0 Å². The van der Waals surface area contributed by atoms with E-state index in [2.05, 4.69) is 10.2 Å². The number of nitrogens with one attached hydrogen (secondary N) is 1. The van der Waals surface area contributed by atoms with Crippen LogP contribution >= 0.6 is 0 Å². The Labute approximate surface area is 111 Å². The molecular formula is C13H27N3O2. The Morgan fingerprint density at radius 1 is 1.17 bits per heavy atom. The molecule has 0 aliphatic heterocycles. The van der Waals surface area contributed by atoms with Gasteiger partial charge in [-0.25, -0.2) is 0 Å². The summed E-state index contributed by atoms with van der Waals surface area (Å²) in [5.74, 6) is 0.0334. The van der Waals surface area contributed by atoms with Gasteiger partial charge in [0, 0.05) is 32.5 Å². The number of hydrogen-bond donors (Lipinski definition) is 1. The predicted molar refractivity (Wildman–Crippen MR) is 73.3 cm³/mol. The van der Waals surface area contributed by atoms with E-state index in [1.807, 2.05) is 27.9 Å². The molecule has 5 nitrogen and oxygen atoms in total.